The molecular formula is C7H7O4S-. The molecule has 1 aromatic carbocycles. The zero-order valence-electron chi connectivity index (χ0n) is 6.35. The van der Waals surface area contributed by atoms with Gasteiger partial charge < -0.3 is 13.5 Å². The van der Waals surface area contributed by atoms with Crippen LogP contribution in [0.5, 0.6) is 11.5 Å². The highest BCUT2D eigenvalue weighted by Crippen LogP contribution is 2.18. The van der Waals surface area contributed by atoms with Crippen molar-refractivity contribution in [3.63, 3.8) is 0 Å². The van der Waals surface area contributed by atoms with Gasteiger partial charge >= 0.3 is 0 Å². The van der Waals surface area contributed by atoms with E-state index in [1.165, 1.54) is 19.2 Å². The topological polar surface area (TPSA) is 58.6 Å². The van der Waals surface area contributed by atoms with Crippen LogP contribution < -0.4 is 8.92 Å². The van der Waals surface area contributed by atoms with Crippen molar-refractivity contribution in [1.29, 1.82) is 0 Å². The van der Waals surface area contributed by atoms with E-state index in [4.69, 9.17) is 4.74 Å². The lowest BCUT2D eigenvalue weighted by Crippen LogP contribution is -1.97. The summed E-state index contributed by atoms with van der Waals surface area (Å²) in [6.45, 7) is 0. The van der Waals surface area contributed by atoms with Crippen LogP contribution in [0.15, 0.2) is 24.3 Å². The van der Waals surface area contributed by atoms with Crippen molar-refractivity contribution in [1.82, 2.24) is 0 Å². The van der Waals surface area contributed by atoms with Crippen LogP contribution in [0.3, 0.4) is 0 Å². The first-order valence-corrected chi connectivity index (χ1v) is 4.14. The molecule has 0 N–H and O–H groups in total. The van der Waals surface area contributed by atoms with E-state index in [2.05, 4.69) is 4.18 Å². The van der Waals surface area contributed by atoms with Gasteiger partial charge in [-0.25, -0.2) is 4.21 Å². The van der Waals surface area contributed by atoms with Gasteiger partial charge in [-0.3, -0.25) is 0 Å². The minimum absolute atomic E-state index is 0.239. The molecule has 5 heteroatoms. The molecule has 0 fully saturated rings. The predicted octanol–water partition coefficient (Wildman–Crippen LogP) is 0.868. The van der Waals surface area contributed by atoms with Gasteiger partial charge in [-0.05, 0) is 12.1 Å². The Kier molecular flexibility index (Phi) is 3.07. The zero-order valence-corrected chi connectivity index (χ0v) is 7.17. The first-order valence-electron chi connectivity index (χ1n) is 3.14. The first kappa shape index (κ1) is 9.02. The number of methoxy groups -OCH3 is 1. The van der Waals surface area contributed by atoms with Crippen LogP contribution in [0.25, 0.3) is 0 Å². The van der Waals surface area contributed by atoms with E-state index in [1.54, 1.807) is 12.1 Å². The van der Waals surface area contributed by atoms with Gasteiger partial charge in [0, 0.05) is 6.07 Å². The van der Waals surface area contributed by atoms with Crippen LogP contribution in [0.1, 0.15) is 0 Å². The van der Waals surface area contributed by atoms with Crippen molar-refractivity contribution in [2.45, 2.75) is 0 Å². The summed E-state index contributed by atoms with van der Waals surface area (Å²) in [7, 11) is 1.49. The quantitative estimate of drug-likeness (QED) is 0.659. The minimum atomic E-state index is -2.53. The second-order valence-corrected chi connectivity index (χ2v) is 2.54. The molecule has 0 radical (unpaired) electrons. The Balaban J connectivity index is 2.79. The van der Waals surface area contributed by atoms with Crippen molar-refractivity contribution in [2.24, 2.45) is 0 Å². The lowest BCUT2D eigenvalue weighted by Gasteiger charge is -2.07. The maximum Gasteiger partial charge on any atom is 0.142 e. The summed E-state index contributed by atoms with van der Waals surface area (Å²) in [5.41, 5.74) is 0. The molecule has 1 unspecified atom stereocenters. The molecule has 0 aliphatic carbocycles. The third kappa shape index (κ3) is 2.52. The highest BCUT2D eigenvalue weighted by molar-refractivity contribution is 7.74. The molecule has 0 aliphatic heterocycles. The molecule has 0 aliphatic rings. The predicted molar refractivity (Wildman–Crippen MR) is 42.5 cm³/mol. The molecule has 4 nitrogen and oxygen atoms in total. The van der Waals surface area contributed by atoms with Crippen LogP contribution in [0.2, 0.25) is 0 Å². The zero-order chi connectivity index (χ0) is 8.97. The van der Waals surface area contributed by atoms with Crippen molar-refractivity contribution in [3.8, 4) is 11.5 Å². The molecule has 0 amide bonds. The summed E-state index contributed by atoms with van der Waals surface area (Å²) in [5.74, 6) is 0.792. The molecule has 0 heterocycles. The smallest absolute Gasteiger partial charge is 0.142 e. The first-order chi connectivity index (χ1) is 5.72. The minimum Gasteiger partial charge on any atom is -0.740 e. The van der Waals surface area contributed by atoms with Gasteiger partial charge in [-0.15, -0.1) is 0 Å². The Labute approximate surface area is 72.6 Å². The van der Waals surface area contributed by atoms with Crippen LogP contribution in [-0.2, 0) is 11.4 Å². The van der Waals surface area contributed by atoms with E-state index >= 15 is 0 Å². The van der Waals surface area contributed by atoms with Gasteiger partial charge in [0.15, 0.2) is 0 Å². The Bertz CT molecular complexity index is 286. The standard InChI is InChI=1S/C7H8O4S/c1-10-6-3-2-4-7(5-6)11-12(8)9/h2-5H,1H3,(H,8,9)/p-1. The molecule has 1 aromatic rings. The molecule has 0 bridgehead atoms. The van der Waals surface area contributed by atoms with Crippen LogP contribution >= 0.6 is 0 Å². The monoisotopic (exact) mass is 187 g/mol. The normalized spacial score (nSPS) is 12.2. The van der Waals surface area contributed by atoms with Crippen molar-refractivity contribution >= 4 is 11.4 Å². The highest BCUT2D eigenvalue weighted by atomic mass is 32.2. The number of hydrogen-bond acceptors (Lipinski definition) is 4. The van der Waals surface area contributed by atoms with E-state index in [-0.39, 0.29) is 5.75 Å². The molecule has 0 saturated heterocycles. The summed E-state index contributed by atoms with van der Waals surface area (Å²) in [6, 6.07) is 6.34. The fourth-order valence-corrected chi connectivity index (χ4v) is 0.992. The summed E-state index contributed by atoms with van der Waals surface area (Å²) in [5, 5.41) is 0. The lowest BCUT2D eigenvalue weighted by atomic mass is 10.3. The summed E-state index contributed by atoms with van der Waals surface area (Å²) in [4.78, 5) is 0. The van der Waals surface area contributed by atoms with E-state index < -0.39 is 11.4 Å². The lowest BCUT2D eigenvalue weighted by molar-refractivity contribution is 0.409. The second kappa shape index (κ2) is 4.08. The largest absolute Gasteiger partial charge is 0.740 e. The molecule has 0 spiro atoms. The molecule has 0 saturated carbocycles. The number of hydrogen-bond donors (Lipinski definition) is 0. The van der Waals surface area contributed by atoms with E-state index in [0.29, 0.717) is 5.75 Å². The van der Waals surface area contributed by atoms with E-state index in [1.807, 2.05) is 0 Å². The third-order valence-electron chi connectivity index (χ3n) is 1.21. The molecular weight excluding hydrogens is 180 g/mol. The van der Waals surface area contributed by atoms with Crippen LogP contribution in [0.4, 0.5) is 0 Å². The highest BCUT2D eigenvalue weighted by Gasteiger charge is 1.95. The Morgan fingerprint density at radius 1 is 1.42 bits per heavy atom. The van der Waals surface area contributed by atoms with Gasteiger partial charge in [0.1, 0.15) is 22.9 Å². The fraction of sp³-hybridized carbons (Fsp3) is 0.143. The third-order valence-corrected chi connectivity index (χ3v) is 1.53. The fourth-order valence-electron chi connectivity index (χ4n) is 0.732. The van der Waals surface area contributed by atoms with Crippen molar-refractivity contribution in [2.75, 3.05) is 7.11 Å². The second-order valence-electron chi connectivity index (χ2n) is 1.97. The Morgan fingerprint density at radius 3 is 2.67 bits per heavy atom. The SMILES string of the molecule is COc1cccc(OS(=O)[O-])c1. The number of rotatable bonds is 3. The Morgan fingerprint density at radius 2 is 2.08 bits per heavy atom. The molecule has 66 valence electrons. The van der Waals surface area contributed by atoms with Gasteiger partial charge in [-0.2, -0.15) is 0 Å². The molecule has 1 atom stereocenters. The van der Waals surface area contributed by atoms with Crippen LogP contribution in [-0.4, -0.2) is 15.9 Å². The Hall–Kier alpha value is -1.07. The van der Waals surface area contributed by atoms with Gasteiger partial charge in [-0.1, -0.05) is 6.07 Å². The molecule has 0 aromatic heterocycles. The molecule has 12 heavy (non-hydrogen) atoms. The molecule has 1 rings (SSSR count). The number of benzene rings is 1. The summed E-state index contributed by atoms with van der Waals surface area (Å²) in [6.07, 6.45) is 0. The van der Waals surface area contributed by atoms with E-state index in [9.17, 15) is 8.76 Å². The van der Waals surface area contributed by atoms with Gasteiger partial charge in [0.05, 0.1) is 7.11 Å². The average Bonchev–Trinajstić information content (AvgIpc) is 2.03. The van der Waals surface area contributed by atoms with Crippen LogP contribution in [0, 0.1) is 0 Å². The van der Waals surface area contributed by atoms with E-state index in [0.717, 1.165) is 0 Å². The average molecular weight is 187 g/mol. The van der Waals surface area contributed by atoms with Gasteiger partial charge in [0.2, 0.25) is 0 Å². The van der Waals surface area contributed by atoms with Crippen molar-refractivity contribution < 1.29 is 17.7 Å². The maximum atomic E-state index is 10.1. The maximum absolute atomic E-state index is 10.1. The summed E-state index contributed by atoms with van der Waals surface area (Å²) < 4.78 is 29.5. The summed E-state index contributed by atoms with van der Waals surface area (Å²) >= 11 is -2.53. The van der Waals surface area contributed by atoms with Gasteiger partial charge in [0.25, 0.3) is 0 Å². The van der Waals surface area contributed by atoms with Crippen molar-refractivity contribution in [3.05, 3.63) is 24.3 Å². The number of ether oxygens (including phenoxy) is 1.